The summed E-state index contributed by atoms with van der Waals surface area (Å²) in [5.74, 6) is 0.593. The van der Waals surface area contributed by atoms with Gasteiger partial charge in [-0.3, -0.25) is 4.98 Å². The minimum atomic E-state index is -4.37. The lowest BCUT2D eigenvalue weighted by molar-refractivity contribution is -0.137. The fraction of sp³-hybridized carbons (Fsp3) is 0.474. The lowest BCUT2D eigenvalue weighted by atomic mass is 9.94. The molecule has 2 heterocycles. The van der Waals surface area contributed by atoms with Gasteiger partial charge in [-0.1, -0.05) is 6.07 Å². The Bertz CT molecular complexity index is 760. The smallest absolute Gasteiger partial charge is 0.416 e. The predicted molar refractivity (Wildman–Crippen MR) is 98.2 cm³/mol. The summed E-state index contributed by atoms with van der Waals surface area (Å²) in [6.45, 7) is 1.79. The molecular weight excluding hydrogens is 393 g/mol. The van der Waals surface area contributed by atoms with Gasteiger partial charge in [0, 0.05) is 19.3 Å². The van der Waals surface area contributed by atoms with Gasteiger partial charge in [0.1, 0.15) is 12.4 Å². The lowest BCUT2D eigenvalue weighted by Gasteiger charge is -2.31. The maximum atomic E-state index is 12.7. The van der Waals surface area contributed by atoms with E-state index in [4.69, 9.17) is 9.47 Å². The molecule has 3 rings (SSSR count). The van der Waals surface area contributed by atoms with Crippen molar-refractivity contribution in [3.8, 4) is 5.75 Å². The first-order valence-electron chi connectivity index (χ1n) is 9.01. The summed E-state index contributed by atoms with van der Waals surface area (Å²) >= 11 is 1.44. The van der Waals surface area contributed by atoms with Gasteiger partial charge in [-0.15, -0.1) is 11.3 Å². The van der Waals surface area contributed by atoms with E-state index in [1.165, 1.54) is 23.5 Å². The first-order valence-corrected chi connectivity index (χ1v) is 9.89. The van der Waals surface area contributed by atoms with E-state index in [1.54, 1.807) is 16.6 Å². The van der Waals surface area contributed by atoms with Crippen molar-refractivity contribution in [2.45, 2.75) is 32.0 Å². The normalized spacial score (nSPS) is 15.5. The molecule has 0 bridgehead atoms. The number of halogens is 3. The number of piperidine rings is 1. The van der Waals surface area contributed by atoms with E-state index in [-0.39, 0.29) is 18.4 Å². The summed E-state index contributed by atoms with van der Waals surface area (Å²) in [5.41, 5.74) is 0.978. The van der Waals surface area contributed by atoms with E-state index < -0.39 is 11.7 Å². The van der Waals surface area contributed by atoms with Crippen LogP contribution in [0.1, 0.15) is 29.7 Å². The van der Waals surface area contributed by atoms with Gasteiger partial charge in [0.15, 0.2) is 0 Å². The molecule has 0 spiro atoms. The second kappa shape index (κ2) is 9.27. The number of benzene rings is 1. The van der Waals surface area contributed by atoms with Crippen LogP contribution < -0.4 is 4.74 Å². The van der Waals surface area contributed by atoms with Crippen LogP contribution in [0.3, 0.4) is 0 Å². The van der Waals surface area contributed by atoms with Gasteiger partial charge in [-0.2, -0.15) is 13.2 Å². The maximum absolute atomic E-state index is 12.7. The van der Waals surface area contributed by atoms with Crippen molar-refractivity contribution in [2.75, 3.05) is 19.7 Å². The monoisotopic (exact) mass is 414 g/mol. The molecule has 9 heteroatoms. The summed E-state index contributed by atoms with van der Waals surface area (Å²) in [5, 5.41) is 0. The highest BCUT2D eigenvalue weighted by molar-refractivity contribution is 7.09. The second-order valence-electron chi connectivity index (χ2n) is 6.62. The van der Waals surface area contributed by atoms with Crippen molar-refractivity contribution in [1.82, 2.24) is 9.88 Å². The zero-order valence-corrected chi connectivity index (χ0v) is 16.0. The molecule has 1 amide bonds. The number of hydrogen-bond acceptors (Lipinski definition) is 5. The Hall–Kier alpha value is -2.29. The highest BCUT2D eigenvalue weighted by atomic mass is 32.1. The van der Waals surface area contributed by atoms with E-state index in [2.05, 4.69) is 4.98 Å². The summed E-state index contributed by atoms with van der Waals surface area (Å²) in [7, 11) is 0. The summed E-state index contributed by atoms with van der Waals surface area (Å²) < 4.78 is 48.9. The van der Waals surface area contributed by atoms with Gasteiger partial charge in [-0.05, 0) is 43.4 Å². The molecule has 0 unspecified atom stereocenters. The molecule has 0 aliphatic carbocycles. The molecule has 2 aromatic rings. The number of ether oxygens (including phenoxy) is 2. The van der Waals surface area contributed by atoms with Crippen molar-refractivity contribution < 1.29 is 27.4 Å². The highest BCUT2D eigenvalue weighted by Crippen LogP contribution is 2.31. The van der Waals surface area contributed by atoms with E-state index in [0.29, 0.717) is 25.6 Å². The fourth-order valence-corrected chi connectivity index (χ4v) is 3.55. The van der Waals surface area contributed by atoms with Crippen molar-refractivity contribution in [3.63, 3.8) is 0 Å². The van der Waals surface area contributed by atoms with Crippen LogP contribution in [0.2, 0.25) is 0 Å². The van der Waals surface area contributed by atoms with Gasteiger partial charge in [0.05, 0.1) is 22.6 Å². The number of nitrogens with zero attached hydrogens (tertiary/aromatic N) is 2. The predicted octanol–water partition coefficient (Wildman–Crippen LogP) is 4.98. The van der Waals surface area contributed by atoms with Crippen LogP contribution in [0.25, 0.3) is 0 Å². The molecule has 0 radical (unpaired) electrons. The Morgan fingerprint density at radius 1 is 1.29 bits per heavy atom. The highest BCUT2D eigenvalue weighted by Gasteiger charge is 2.30. The average molecular weight is 414 g/mol. The van der Waals surface area contributed by atoms with Gasteiger partial charge in [0.2, 0.25) is 0 Å². The molecule has 0 atom stereocenters. The number of carbonyl (C=O) groups excluding carboxylic acids is 1. The molecule has 1 aliphatic rings. The molecular formula is C19H21F3N2O3S. The third-order valence-corrected chi connectivity index (χ3v) is 5.40. The molecule has 5 nitrogen and oxygen atoms in total. The number of thiazole rings is 1. The minimum Gasteiger partial charge on any atom is -0.494 e. The topological polar surface area (TPSA) is 51.7 Å². The number of carbonyl (C=O) groups is 1. The Kier molecular flexibility index (Phi) is 6.77. The zero-order chi connectivity index (χ0) is 20.0. The molecule has 0 saturated carbocycles. The second-order valence-corrected chi connectivity index (χ2v) is 7.59. The molecule has 1 aromatic carbocycles. The molecule has 152 valence electrons. The van der Waals surface area contributed by atoms with Crippen LogP contribution in [-0.4, -0.2) is 35.7 Å². The summed E-state index contributed by atoms with van der Waals surface area (Å²) in [6.07, 6.45) is -0.648. The average Bonchev–Trinajstić information content (AvgIpc) is 3.20. The third kappa shape index (κ3) is 5.85. The van der Waals surface area contributed by atoms with Crippen LogP contribution in [0.5, 0.6) is 5.75 Å². The Balaban J connectivity index is 1.36. The lowest BCUT2D eigenvalue weighted by Crippen LogP contribution is -2.39. The van der Waals surface area contributed by atoms with Crippen LogP contribution in [0.15, 0.2) is 36.0 Å². The first-order chi connectivity index (χ1) is 13.4. The van der Waals surface area contributed by atoms with E-state index in [1.807, 2.05) is 0 Å². The third-order valence-electron chi connectivity index (χ3n) is 4.65. The van der Waals surface area contributed by atoms with Crippen LogP contribution in [0, 0.1) is 5.92 Å². The minimum absolute atomic E-state index is 0.221. The first kappa shape index (κ1) is 20.4. The van der Waals surface area contributed by atoms with Crippen LogP contribution in [0.4, 0.5) is 18.0 Å². The Labute approximate surface area is 165 Å². The Morgan fingerprint density at radius 3 is 2.75 bits per heavy atom. The van der Waals surface area contributed by atoms with Crippen LogP contribution >= 0.6 is 11.3 Å². The van der Waals surface area contributed by atoms with E-state index >= 15 is 0 Å². The van der Waals surface area contributed by atoms with Gasteiger partial charge in [0.25, 0.3) is 0 Å². The number of alkyl halides is 3. The maximum Gasteiger partial charge on any atom is 0.416 e. The van der Waals surface area contributed by atoms with Crippen molar-refractivity contribution >= 4 is 17.4 Å². The van der Waals surface area contributed by atoms with Gasteiger partial charge in [-0.25, -0.2) is 4.79 Å². The Morgan fingerprint density at radius 2 is 2.07 bits per heavy atom. The number of likely N-dealkylation sites (tertiary alicyclic amines) is 1. The molecule has 1 fully saturated rings. The van der Waals surface area contributed by atoms with Crippen molar-refractivity contribution in [1.29, 1.82) is 0 Å². The quantitative estimate of drug-likeness (QED) is 0.669. The van der Waals surface area contributed by atoms with E-state index in [9.17, 15) is 18.0 Å². The number of aromatic nitrogens is 1. The zero-order valence-electron chi connectivity index (χ0n) is 15.2. The largest absolute Gasteiger partial charge is 0.494 e. The van der Waals surface area contributed by atoms with E-state index in [0.717, 1.165) is 36.3 Å². The number of hydrogen-bond donors (Lipinski definition) is 0. The van der Waals surface area contributed by atoms with Crippen molar-refractivity contribution in [3.05, 3.63) is 46.4 Å². The van der Waals surface area contributed by atoms with Crippen molar-refractivity contribution in [2.24, 2.45) is 5.92 Å². The number of rotatable bonds is 6. The number of amides is 1. The standard InChI is InChI=1S/C19H21F3N2O3S/c20-19(21,22)15-2-1-3-16(10-15)26-9-6-14-4-7-24(8-5-14)18(25)27-12-17-11-23-13-28-17/h1-3,10-11,13-14H,4-9,12H2. The molecule has 0 N–H and O–H groups in total. The molecule has 1 aliphatic heterocycles. The van der Waals surface area contributed by atoms with Crippen LogP contribution in [-0.2, 0) is 17.5 Å². The fourth-order valence-electron chi connectivity index (χ4n) is 3.05. The summed E-state index contributed by atoms with van der Waals surface area (Å²) in [4.78, 5) is 18.6. The summed E-state index contributed by atoms with van der Waals surface area (Å²) in [6, 6.07) is 4.91. The molecule has 28 heavy (non-hydrogen) atoms. The SMILES string of the molecule is O=C(OCc1cncs1)N1CCC(CCOc2cccc(C(F)(F)F)c2)CC1. The molecule has 1 aromatic heterocycles. The van der Waals surface area contributed by atoms with Gasteiger partial charge >= 0.3 is 12.3 Å². The molecule has 1 saturated heterocycles. The van der Waals surface area contributed by atoms with Gasteiger partial charge < -0.3 is 14.4 Å².